The van der Waals surface area contributed by atoms with E-state index in [-0.39, 0.29) is 5.69 Å². The van der Waals surface area contributed by atoms with E-state index in [1.54, 1.807) is 13.0 Å². The van der Waals surface area contributed by atoms with Gasteiger partial charge >= 0.3 is 0 Å². The van der Waals surface area contributed by atoms with E-state index in [2.05, 4.69) is 6.58 Å². The van der Waals surface area contributed by atoms with Gasteiger partial charge in [-0.2, -0.15) is 0 Å². The number of halogens is 2. The maximum absolute atomic E-state index is 13.7. The van der Waals surface area contributed by atoms with Crippen LogP contribution >= 0.6 is 0 Å². The van der Waals surface area contributed by atoms with Crippen molar-refractivity contribution in [2.24, 2.45) is 0 Å². The van der Waals surface area contributed by atoms with E-state index in [9.17, 15) is 13.6 Å². The fourth-order valence-corrected chi connectivity index (χ4v) is 1.85. The van der Waals surface area contributed by atoms with E-state index >= 15 is 0 Å². The molecular weight excluding hydrogens is 236 g/mol. The quantitative estimate of drug-likeness (QED) is 0.799. The van der Waals surface area contributed by atoms with E-state index in [0.717, 1.165) is 16.7 Å². The van der Waals surface area contributed by atoms with Gasteiger partial charge in [0.1, 0.15) is 17.3 Å². The molecule has 92 valence electrons. The van der Waals surface area contributed by atoms with Gasteiger partial charge < -0.3 is 0 Å². The lowest BCUT2D eigenvalue weighted by molar-refractivity contribution is 0.564. The molecule has 0 fully saturated rings. The van der Waals surface area contributed by atoms with Crippen molar-refractivity contribution < 1.29 is 8.78 Å². The number of hydrogen-bond acceptors (Lipinski definition) is 1. The first-order valence-corrected chi connectivity index (χ1v) is 5.35. The summed E-state index contributed by atoms with van der Waals surface area (Å²) in [6.07, 6.45) is 1.53. The molecule has 0 atom stereocenters. The van der Waals surface area contributed by atoms with Crippen molar-refractivity contribution in [2.75, 3.05) is 0 Å². The van der Waals surface area contributed by atoms with Crippen molar-refractivity contribution in [3.8, 4) is 5.69 Å². The third kappa shape index (κ3) is 1.86. The molecule has 2 nitrogen and oxygen atoms in total. The standard InChI is InChI=1S/C14H11F2NO/c1-3-10-7-8-13(18)17(9(10)2)14-11(15)5-4-6-12(14)16/h3-8H,1H2,2H3. The zero-order valence-electron chi connectivity index (χ0n) is 9.78. The van der Waals surface area contributed by atoms with Crippen LogP contribution in [0.5, 0.6) is 0 Å². The van der Waals surface area contributed by atoms with E-state index in [4.69, 9.17) is 0 Å². The van der Waals surface area contributed by atoms with E-state index in [1.807, 2.05) is 0 Å². The molecule has 0 N–H and O–H groups in total. The van der Waals surface area contributed by atoms with Gasteiger partial charge in [-0.3, -0.25) is 9.36 Å². The number of para-hydroxylation sites is 1. The molecule has 2 rings (SSSR count). The molecule has 0 aliphatic rings. The maximum atomic E-state index is 13.7. The second kappa shape index (κ2) is 4.56. The number of hydrogen-bond donors (Lipinski definition) is 0. The molecule has 0 saturated carbocycles. The second-order valence-corrected chi connectivity index (χ2v) is 3.82. The zero-order valence-corrected chi connectivity index (χ0v) is 9.78. The molecule has 1 aromatic carbocycles. The fraction of sp³-hybridized carbons (Fsp3) is 0.0714. The van der Waals surface area contributed by atoms with Crippen LogP contribution in [0.3, 0.4) is 0 Å². The van der Waals surface area contributed by atoms with Gasteiger partial charge in [0.2, 0.25) is 0 Å². The summed E-state index contributed by atoms with van der Waals surface area (Å²) in [7, 11) is 0. The van der Waals surface area contributed by atoms with Crippen molar-refractivity contribution in [1.29, 1.82) is 0 Å². The molecule has 0 saturated heterocycles. The molecule has 0 radical (unpaired) electrons. The van der Waals surface area contributed by atoms with Crippen LogP contribution < -0.4 is 5.56 Å². The maximum Gasteiger partial charge on any atom is 0.255 e. The Morgan fingerprint density at radius 2 is 1.78 bits per heavy atom. The highest BCUT2D eigenvalue weighted by molar-refractivity contribution is 5.51. The average molecular weight is 247 g/mol. The largest absolute Gasteiger partial charge is 0.275 e. The van der Waals surface area contributed by atoms with Crippen LogP contribution in [0, 0.1) is 18.6 Å². The van der Waals surface area contributed by atoms with E-state index in [1.165, 1.54) is 18.2 Å². The molecule has 1 heterocycles. The van der Waals surface area contributed by atoms with Crippen LogP contribution in [0.25, 0.3) is 11.8 Å². The van der Waals surface area contributed by atoms with Crippen molar-refractivity contribution in [1.82, 2.24) is 4.57 Å². The smallest absolute Gasteiger partial charge is 0.255 e. The molecule has 0 unspecified atom stereocenters. The minimum absolute atomic E-state index is 0.358. The van der Waals surface area contributed by atoms with Gasteiger partial charge in [0.05, 0.1) is 0 Å². The number of pyridine rings is 1. The van der Waals surface area contributed by atoms with Gasteiger partial charge in [0.25, 0.3) is 5.56 Å². The highest BCUT2D eigenvalue weighted by atomic mass is 19.1. The molecule has 0 aliphatic heterocycles. The van der Waals surface area contributed by atoms with Gasteiger partial charge in [-0.25, -0.2) is 8.78 Å². The molecule has 0 spiro atoms. The summed E-state index contributed by atoms with van der Waals surface area (Å²) in [5, 5.41) is 0. The topological polar surface area (TPSA) is 22.0 Å². The highest BCUT2D eigenvalue weighted by Gasteiger charge is 2.14. The average Bonchev–Trinajstić information content (AvgIpc) is 2.33. The number of benzene rings is 1. The lowest BCUT2D eigenvalue weighted by atomic mass is 10.1. The van der Waals surface area contributed by atoms with Gasteiger partial charge in [-0.1, -0.05) is 18.7 Å². The van der Waals surface area contributed by atoms with Gasteiger partial charge in [0.15, 0.2) is 0 Å². The SMILES string of the molecule is C=Cc1ccc(=O)n(-c2c(F)cccc2F)c1C. The molecule has 2 aromatic rings. The Bertz CT molecular complexity index is 654. The second-order valence-electron chi connectivity index (χ2n) is 3.82. The van der Waals surface area contributed by atoms with Gasteiger partial charge in [0, 0.05) is 11.8 Å². The van der Waals surface area contributed by atoms with Crippen molar-refractivity contribution in [3.05, 3.63) is 70.2 Å². The summed E-state index contributed by atoms with van der Waals surface area (Å²) in [4.78, 5) is 11.8. The molecular formula is C14H11F2NO. The normalized spacial score (nSPS) is 10.4. The minimum Gasteiger partial charge on any atom is -0.275 e. The monoisotopic (exact) mass is 247 g/mol. The number of rotatable bonds is 2. The predicted octanol–water partition coefficient (Wildman–Crippen LogP) is 3.07. The summed E-state index contributed by atoms with van der Waals surface area (Å²) in [5.74, 6) is -1.55. The first kappa shape index (κ1) is 12.2. The molecule has 1 aromatic heterocycles. The Hall–Kier alpha value is -2.23. The van der Waals surface area contributed by atoms with Crippen molar-refractivity contribution in [2.45, 2.75) is 6.92 Å². The highest BCUT2D eigenvalue weighted by Crippen LogP contribution is 2.19. The summed E-state index contributed by atoms with van der Waals surface area (Å²) in [5.41, 5.74) is 0.254. The van der Waals surface area contributed by atoms with Crippen LogP contribution in [-0.2, 0) is 0 Å². The Labute approximate surface area is 103 Å². The molecule has 4 heteroatoms. The van der Waals surface area contributed by atoms with Crippen molar-refractivity contribution >= 4 is 6.08 Å². The molecule has 18 heavy (non-hydrogen) atoms. The summed E-state index contributed by atoms with van der Waals surface area (Å²) < 4.78 is 28.4. The van der Waals surface area contributed by atoms with Gasteiger partial charge in [-0.15, -0.1) is 0 Å². The van der Waals surface area contributed by atoms with E-state index < -0.39 is 17.2 Å². The lowest BCUT2D eigenvalue weighted by Crippen LogP contribution is -2.22. The summed E-state index contributed by atoms with van der Waals surface area (Å²) in [6.45, 7) is 5.21. The van der Waals surface area contributed by atoms with E-state index in [0.29, 0.717) is 11.3 Å². The first-order chi connectivity index (χ1) is 8.56. The summed E-state index contributed by atoms with van der Waals surface area (Å²) in [6, 6.07) is 6.32. The number of aromatic nitrogens is 1. The fourth-order valence-electron chi connectivity index (χ4n) is 1.85. The predicted molar refractivity (Wildman–Crippen MR) is 66.8 cm³/mol. The third-order valence-corrected chi connectivity index (χ3v) is 2.76. The Morgan fingerprint density at radius 3 is 2.33 bits per heavy atom. The first-order valence-electron chi connectivity index (χ1n) is 5.35. The Balaban J connectivity index is 2.87. The lowest BCUT2D eigenvalue weighted by Gasteiger charge is -2.13. The third-order valence-electron chi connectivity index (χ3n) is 2.76. The van der Waals surface area contributed by atoms with Crippen LogP contribution in [0.1, 0.15) is 11.3 Å². The van der Waals surface area contributed by atoms with Gasteiger partial charge in [-0.05, 0) is 30.7 Å². The molecule has 0 bridgehead atoms. The minimum atomic E-state index is -0.776. The molecule has 0 aliphatic carbocycles. The molecule has 0 amide bonds. The summed E-state index contributed by atoms with van der Waals surface area (Å²) >= 11 is 0. The zero-order chi connectivity index (χ0) is 13.3. The van der Waals surface area contributed by atoms with Crippen LogP contribution in [0.4, 0.5) is 8.78 Å². The number of nitrogens with zero attached hydrogens (tertiary/aromatic N) is 1. The van der Waals surface area contributed by atoms with Crippen LogP contribution in [0.2, 0.25) is 0 Å². The van der Waals surface area contributed by atoms with Crippen LogP contribution in [-0.4, -0.2) is 4.57 Å². The Morgan fingerprint density at radius 1 is 1.17 bits per heavy atom. The van der Waals surface area contributed by atoms with Crippen molar-refractivity contribution in [3.63, 3.8) is 0 Å². The Kier molecular flexibility index (Phi) is 3.10. The van der Waals surface area contributed by atoms with Crippen LogP contribution in [0.15, 0.2) is 41.7 Å².